The minimum atomic E-state index is -0.543. The molecule has 3 aromatic rings. The Hall–Kier alpha value is -3.71. The molecule has 1 saturated carbocycles. The monoisotopic (exact) mass is 614 g/mol. The number of rotatable bonds is 9. The minimum Gasteiger partial charge on any atom is -0.476 e. The smallest absolute Gasteiger partial charge is 0.339 e. The van der Waals surface area contributed by atoms with E-state index in [1.165, 1.54) is 30.0 Å². The second-order valence-corrected chi connectivity index (χ2v) is 11.3. The molecule has 40 heavy (non-hydrogen) atoms. The van der Waals surface area contributed by atoms with Crippen molar-refractivity contribution in [3.05, 3.63) is 67.2 Å². The van der Waals surface area contributed by atoms with Crippen LogP contribution in [0, 0.1) is 10.1 Å². The summed E-state index contributed by atoms with van der Waals surface area (Å²) in [6.45, 7) is 1.73. The first-order valence-corrected chi connectivity index (χ1v) is 13.8. The van der Waals surface area contributed by atoms with Crippen molar-refractivity contribution in [3.63, 3.8) is 0 Å². The number of nitro groups is 1. The van der Waals surface area contributed by atoms with Gasteiger partial charge in [-0.15, -0.1) is 0 Å². The van der Waals surface area contributed by atoms with Crippen LogP contribution in [0.2, 0.25) is 0 Å². The number of halogens is 1. The number of likely N-dealkylation sites (tertiary alicyclic amines) is 1. The molecule has 0 radical (unpaired) electrons. The molecule has 0 spiro atoms. The fourth-order valence-electron chi connectivity index (χ4n) is 5.95. The van der Waals surface area contributed by atoms with Gasteiger partial charge >= 0.3 is 5.97 Å². The highest BCUT2D eigenvalue weighted by atomic mass is 79.9. The zero-order chi connectivity index (χ0) is 28.6. The van der Waals surface area contributed by atoms with Crippen molar-refractivity contribution < 1.29 is 19.2 Å². The first-order chi connectivity index (χ1) is 19.1. The lowest BCUT2D eigenvalue weighted by molar-refractivity contribution is -0.384. The lowest BCUT2D eigenvalue weighted by Gasteiger charge is -2.33. The summed E-state index contributed by atoms with van der Waals surface area (Å²) in [4.78, 5) is 38.7. The van der Waals surface area contributed by atoms with Crippen LogP contribution in [0.3, 0.4) is 0 Å². The van der Waals surface area contributed by atoms with Crippen LogP contribution in [0.15, 0.2) is 45.9 Å². The molecule has 1 aliphatic heterocycles. The summed E-state index contributed by atoms with van der Waals surface area (Å²) in [5, 5.41) is 19.5. The summed E-state index contributed by atoms with van der Waals surface area (Å²) in [6.07, 6.45) is 6.90. The number of carbonyl (C=O) groups excluding carboxylic acids is 1. The minimum absolute atomic E-state index is 0.0626. The van der Waals surface area contributed by atoms with Crippen molar-refractivity contribution >= 4 is 33.3 Å². The number of hydrogen-bond acceptors (Lipinski definition) is 9. The number of carbonyl (C=O) groups is 1. The highest BCUT2D eigenvalue weighted by molar-refractivity contribution is 9.10. The lowest BCUT2D eigenvalue weighted by atomic mass is 9.83. The number of hydrogen-bond donors (Lipinski definition) is 1. The molecule has 0 amide bonds. The van der Waals surface area contributed by atoms with E-state index in [0.29, 0.717) is 41.9 Å². The molecule has 1 aromatic carbocycles. The molecule has 1 saturated heterocycles. The molecule has 2 fully saturated rings. The Labute approximate surface area is 239 Å². The van der Waals surface area contributed by atoms with Crippen LogP contribution >= 0.6 is 15.9 Å². The second kappa shape index (κ2) is 11.0. The van der Waals surface area contributed by atoms with Crippen LogP contribution in [-0.2, 0) is 18.8 Å². The summed E-state index contributed by atoms with van der Waals surface area (Å²) in [7, 11) is 4.60. The van der Waals surface area contributed by atoms with E-state index in [-0.39, 0.29) is 27.3 Å². The first kappa shape index (κ1) is 27.8. The third-order valence-electron chi connectivity index (χ3n) is 7.79. The molecular formula is C27H31BrN6O6. The van der Waals surface area contributed by atoms with E-state index in [0.717, 1.165) is 36.7 Å². The molecular weight excluding hydrogens is 584 g/mol. The number of anilines is 1. The van der Waals surface area contributed by atoms with Gasteiger partial charge in [-0.05, 0) is 43.9 Å². The van der Waals surface area contributed by atoms with Crippen LogP contribution in [0.25, 0.3) is 11.1 Å². The average molecular weight is 615 g/mol. The molecule has 2 bridgehead atoms. The van der Waals surface area contributed by atoms with Crippen molar-refractivity contribution in [1.29, 1.82) is 0 Å². The van der Waals surface area contributed by atoms with E-state index in [2.05, 4.69) is 31.2 Å². The summed E-state index contributed by atoms with van der Waals surface area (Å²) in [5.41, 5.74) is 1.09. The maximum Gasteiger partial charge on any atom is 0.339 e. The van der Waals surface area contributed by atoms with Gasteiger partial charge in [0.15, 0.2) is 0 Å². The van der Waals surface area contributed by atoms with E-state index in [1.54, 1.807) is 37.1 Å². The maximum atomic E-state index is 12.9. The summed E-state index contributed by atoms with van der Waals surface area (Å²) < 4.78 is 14.7. The van der Waals surface area contributed by atoms with Crippen LogP contribution in [0.1, 0.15) is 36.0 Å². The molecule has 212 valence electrons. The number of aromatic nitrogens is 3. The molecule has 2 unspecified atom stereocenters. The fraction of sp³-hybridized carbons (Fsp3) is 0.444. The van der Waals surface area contributed by atoms with Gasteiger partial charge in [0.1, 0.15) is 12.3 Å². The van der Waals surface area contributed by atoms with Gasteiger partial charge < -0.3 is 19.4 Å². The van der Waals surface area contributed by atoms with E-state index in [1.807, 2.05) is 0 Å². The van der Waals surface area contributed by atoms with E-state index in [4.69, 9.17) is 9.47 Å². The number of benzene rings is 1. The Bertz CT molecular complexity index is 1520. The van der Waals surface area contributed by atoms with Crippen molar-refractivity contribution in [2.24, 2.45) is 14.1 Å². The molecule has 2 aliphatic rings. The topological polar surface area (TPSA) is 134 Å². The van der Waals surface area contributed by atoms with E-state index in [9.17, 15) is 19.7 Å². The van der Waals surface area contributed by atoms with Gasteiger partial charge in [0.05, 0.1) is 40.5 Å². The average Bonchev–Trinajstić information content (AvgIpc) is 3.39. The van der Waals surface area contributed by atoms with Gasteiger partial charge in [-0.2, -0.15) is 5.10 Å². The van der Waals surface area contributed by atoms with Gasteiger partial charge in [-0.25, -0.2) is 9.48 Å². The highest BCUT2D eigenvalue weighted by Gasteiger charge is 2.47. The van der Waals surface area contributed by atoms with Crippen LogP contribution < -0.4 is 15.6 Å². The Morgan fingerprint density at radius 1 is 1.30 bits per heavy atom. The number of nitrogens with zero attached hydrogens (tertiary/aromatic N) is 5. The Morgan fingerprint density at radius 2 is 2.10 bits per heavy atom. The number of esters is 1. The van der Waals surface area contributed by atoms with E-state index >= 15 is 0 Å². The number of fused-ring (bicyclic) bond motifs is 2. The van der Waals surface area contributed by atoms with Gasteiger partial charge in [0.25, 0.3) is 11.2 Å². The molecule has 5 rings (SSSR count). The Morgan fingerprint density at radius 3 is 2.85 bits per heavy atom. The van der Waals surface area contributed by atoms with Crippen LogP contribution in [-0.4, -0.2) is 68.5 Å². The van der Waals surface area contributed by atoms with Gasteiger partial charge in [0.2, 0.25) is 5.88 Å². The molecule has 2 atom stereocenters. The number of pyridine rings is 1. The van der Waals surface area contributed by atoms with Gasteiger partial charge in [-0.3, -0.25) is 19.8 Å². The van der Waals surface area contributed by atoms with E-state index < -0.39 is 5.97 Å². The van der Waals surface area contributed by atoms with Gasteiger partial charge in [-0.1, -0.05) is 15.9 Å². The van der Waals surface area contributed by atoms with Crippen LogP contribution in [0.4, 0.5) is 11.4 Å². The predicted molar refractivity (Wildman–Crippen MR) is 152 cm³/mol. The van der Waals surface area contributed by atoms with Crippen molar-refractivity contribution in [3.8, 4) is 17.0 Å². The second-order valence-electron chi connectivity index (χ2n) is 10.4. The van der Waals surface area contributed by atoms with Gasteiger partial charge in [0, 0.05) is 50.0 Å². The highest BCUT2D eigenvalue weighted by Crippen LogP contribution is 2.43. The number of nitrogens with one attached hydrogen (secondary N) is 1. The molecule has 13 heteroatoms. The third-order valence-corrected chi connectivity index (χ3v) is 8.29. The maximum absolute atomic E-state index is 12.9. The molecule has 12 nitrogen and oxygen atoms in total. The molecule has 1 N–H and O–H groups in total. The quantitative estimate of drug-likeness (QED) is 0.217. The Balaban J connectivity index is 1.31. The van der Waals surface area contributed by atoms with Crippen LogP contribution in [0.5, 0.6) is 5.88 Å². The fourth-order valence-corrected chi connectivity index (χ4v) is 6.31. The zero-order valence-electron chi connectivity index (χ0n) is 22.6. The first-order valence-electron chi connectivity index (χ1n) is 13.0. The van der Waals surface area contributed by atoms with Crippen molar-refractivity contribution in [1.82, 2.24) is 19.2 Å². The third kappa shape index (κ3) is 5.35. The number of aryl methyl sites for hydroxylation is 2. The number of ether oxygens (including phenoxy) is 2. The molecule has 1 aliphatic carbocycles. The number of methoxy groups -OCH3 is 1. The lowest BCUT2D eigenvalue weighted by Crippen LogP contribution is -2.42. The summed E-state index contributed by atoms with van der Waals surface area (Å²) in [6, 6.07) is 6.80. The summed E-state index contributed by atoms with van der Waals surface area (Å²) >= 11 is 3.44. The standard InChI is InChI=1S/C27H31BrN6O6/c1-31-15-17(26(36)39-3)11-20(24(31)35)21-14-29-32(2)25(21)40-10-9-33-16-27(8-4-5-19(33)13-27)30-22-12-18(28)6-7-23(22)34(37)38/h6-7,11-12,14-15,19,30H,4-5,8-10,13,16H2,1-3H3. The predicted octanol–water partition coefficient (Wildman–Crippen LogP) is 3.73. The van der Waals surface area contributed by atoms with Crippen molar-refractivity contribution in [2.45, 2.75) is 37.3 Å². The SMILES string of the molecule is COC(=O)c1cc(-c2cnn(C)c2OCCN2CC3(Nc4cc(Br)ccc4[N+](=O)[O-])CCCC2C3)c(=O)n(C)c1. The number of nitro benzene ring substituents is 1. The summed E-state index contributed by atoms with van der Waals surface area (Å²) in [5.74, 6) is -0.113. The Kier molecular flexibility index (Phi) is 7.69. The molecule has 2 aromatic heterocycles. The molecule has 3 heterocycles. The largest absolute Gasteiger partial charge is 0.476 e. The van der Waals surface area contributed by atoms with Crippen molar-refractivity contribution in [2.75, 3.05) is 32.1 Å². The zero-order valence-corrected chi connectivity index (χ0v) is 24.1. The normalized spacial score (nSPS) is 20.4.